The minimum Gasteiger partial charge on any atom is -0.465 e. The van der Waals surface area contributed by atoms with Crippen molar-refractivity contribution in [2.75, 3.05) is 12.4 Å². The van der Waals surface area contributed by atoms with Gasteiger partial charge in [0.25, 0.3) is 0 Å². The Balaban J connectivity index is 2.18. The minimum atomic E-state index is -0.304. The molecule has 3 nitrogen and oxygen atoms in total. The number of rotatable bonds is 4. The molecule has 0 amide bonds. The summed E-state index contributed by atoms with van der Waals surface area (Å²) in [5.74, 6) is -0.304. The van der Waals surface area contributed by atoms with Crippen LogP contribution in [0.1, 0.15) is 27.0 Å². The van der Waals surface area contributed by atoms with Crippen LogP contribution in [0.3, 0.4) is 0 Å². The number of hydrogen-bond acceptors (Lipinski definition) is 3. The van der Waals surface area contributed by atoms with Gasteiger partial charge in [-0.25, -0.2) is 4.79 Å². The summed E-state index contributed by atoms with van der Waals surface area (Å²) in [4.78, 5) is 11.7. The van der Waals surface area contributed by atoms with E-state index in [-0.39, 0.29) is 5.97 Å². The van der Waals surface area contributed by atoms with Gasteiger partial charge in [-0.3, -0.25) is 0 Å². The quantitative estimate of drug-likeness (QED) is 0.860. The largest absolute Gasteiger partial charge is 0.465 e. The summed E-state index contributed by atoms with van der Waals surface area (Å²) in [6.45, 7) is 4.75. The molecule has 0 spiro atoms. The van der Waals surface area contributed by atoms with Crippen molar-refractivity contribution in [1.82, 2.24) is 0 Å². The second-order valence-corrected chi connectivity index (χ2v) is 4.75. The first-order chi connectivity index (χ1) is 9.63. The second kappa shape index (κ2) is 6.24. The Labute approximate surface area is 119 Å². The minimum absolute atomic E-state index is 0.304. The molecule has 0 fully saturated rings. The number of carbonyl (C=O) groups is 1. The van der Waals surface area contributed by atoms with Gasteiger partial charge >= 0.3 is 5.97 Å². The van der Waals surface area contributed by atoms with Gasteiger partial charge in [0.1, 0.15) is 0 Å². The van der Waals surface area contributed by atoms with Crippen LogP contribution < -0.4 is 5.32 Å². The van der Waals surface area contributed by atoms with Crippen LogP contribution in [0.25, 0.3) is 0 Å². The van der Waals surface area contributed by atoms with Crippen molar-refractivity contribution >= 4 is 11.7 Å². The van der Waals surface area contributed by atoms with E-state index in [9.17, 15) is 4.79 Å². The number of benzene rings is 2. The zero-order valence-corrected chi connectivity index (χ0v) is 12.1. The normalized spacial score (nSPS) is 10.2. The van der Waals surface area contributed by atoms with Gasteiger partial charge in [0.05, 0.1) is 12.7 Å². The summed E-state index contributed by atoms with van der Waals surface area (Å²) in [5.41, 5.74) is 4.96. The molecule has 0 radical (unpaired) electrons. The maximum Gasteiger partial charge on any atom is 0.338 e. The average molecular weight is 269 g/mol. The lowest BCUT2D eigenvalue weighted by Gasteiger charge is -2.13. The molecule has 20 heavy (non-hydrogen) atoms. The van der Waals surface area contributed by atoms with Crippen LogP contribution in [-0.2, 0) is 11.3 Å². The molecule has 0 saturated heterocycles. The van der Waals surface area contributed by atoms with Crippen LogP contribution >= 0.6 is 0 Å². The molecular formula is C17H19NO2. The summed E-state index contributed by atoms with van der Waals surface area (Å²) in [7, 11) is 1.40. The molecule has 3 heteroatoms. The predicted octanol–water partition coefficient (Wildman–Crippen LogP) is 3.70. The summed E-state index contributed by atoms with van der Waals surface area (Å²) in [6.07, 6.45) is 0. The summed E-state index contributed by atoms with van der Waals surface area (Å²) >= 11 is 0. The molecule has 2 aromatic rings. The highest BCUT2D eigenvalue weighted by molar-refractivity contribution is 5.92. The number of aryl methyl sites for hydroxylation is 1. The zero-order chi connectivity index (χ0) is 14.5. The van der Waals surface area contributed by atoms with Crippen LogP contribution in [0, 0.1) is 13.8 Å². The highest BCUT2D eigenvalue weighted by Gasteiger charge is 2.11. The highest BCUT2D eigenvalue weighted by atomic mass is 16.5. The van der Waals surface area contributed by atoms with Crippen molar-refractivity contribution in [2.24, 2.45) is 0 Å². The van der Waals surface area contributed by atoms with Gasteiger partial charge in [0, 0.05) is 12.2 Å². The van der Waals surface area contributed by atoms with Crippen LogP contribution in [0.15, 0.2) is 42.5 Å². The van der Waals surface area contributed by atoms with E-state index in [0.29, 0.717) is 5.56 Å². The first-order valence-electron chi connectivity index (χ1n) is 6.59. The van der Waals surface area contributed by atoms with E-state index in [0.717, 1.165) is 17.8 Å². The summed E-state index contributed by atoms with van der Waals surface area (Å²) in [5, 5.41) is 3.38. The lowest BCUT2D eigenvalue weighted by atomic mass is 10.1. The molecule has 0 atom stereocenters. The van der Waals surface area contributed by atoms with Gasteiger partial charge in [-0.2, -0.15) is 0 Å². The van der Waals surface area contributed by atoms with Crippen molar-refractivity contribution in [3.8, 4) is 0 Å². The third-order valence-corrected chi connectivity index (χ3v) is 3.47. The van der Waals surface area contributed by atoms with Crippen LogP contribution in [0.5, 0.6) is 0 Å². The Bertz CT molecular complexity index is 620. The maximum absolute atomic E-state index is 11.7. The fraction of sp³-hybridized carbons (Fsp3) is 0.235. The SMILES string of the molecule is COC(=O)c1cccc(NCc2ccccc2C)c1C. The Kier molecular flexibility index (Phi) is 4.41. The molecule has 0 bridgehead atoms. The number of nitrogens with one attached hydrogen (secondary N) is 1. The van der Waals surface area contributed by atoms with Gasteiger partial charge in [-0.1, -0.05) is 30.3 Å². The average Bonchev–Trinajstić information content (AvgIpc) is 2.47. The molecule has 104 valence electrons. The molecule has 0 aliphatic heterocycles. The highest BCUT2D eigenvalue weighted by Crippen LogP contribution is 2.21. The number of carbonyl (C=O) groups excluding carboxylic acids is 1. The van der Waals surface area contributed by atoms with E-state index >= 15 is 0 Å². The number of methoxy groups -OCH3 is 1. The van der Waals surface area contributed by atoms with E-state index in [1.54, 1.807) is 6.07 Å². The lowest BCUT2D eigenvalue weighted by Crippen LogP contribution is -2.08. The predicted molar refractivity (Wildman–Crippen MR) is 81.0 cm³/mol. The second-order valence-electron chi connectivity index (χ2n) is 4.75. The molecule has 0 unspecified atom stereocenters. The molecule has 0 saturated carbocycles. The maximum atomic E-state index is 11.7. The Morgan fingerprint density at radius 1 is 1.10 bits per heavy atom. The van der Waals surface area contributed by atoms with Crippen molar-refractivity contribution in [3.05, 3.63) is 64.7 Å². The smallest absolute Gasteiger partial charge is 0.338 e. The molecule has 2 rings (SSSR count). The number of anilines is 1. The molecule has 1 N–H and O–H groups in total. The zero-order valence-electron chi connectivity index (χ0n) is 12.1. The van der Waals surface area contributed by atoms with Crippen LogP contribution in [-0.4, -0.2) is 13.1 Å². The van der Waals surface area contributed by atoms with E-state index in [1.165, 1.54) is 18.2 Å². The Morgan fingerprint density at radius 2 is 1.85 bits per heavy atom. The molecule has 0 heterocycles. The van der Waals surface area contributed by atoms with E-state index in [2.05, 4.69) is 24.4 Å². The fourth-order valence-electron chi connectivity index (χ4n) is 2.16. The Hall–Kier alpha value is -2.29. The number of hydrogen-bond donors (Lipinski definition) is 1. The lowest BCUT2D eigenvalue weighted by molar-refractivity contribution is 0.0600. The van der Waals surface area contributed by atoms with Crippen molar-refractivity contribution in [2.45, 2.75) is 20.4 Å². The monoisotopic (exact) mass is 269 g/mol. The van der Waals surface area contributed by atoms with Crippen molar-refractivity contribution in [1.29, 1.82) is 0 Å². The summed E-state index contributed by atoms with van der Waals surface area (Å²) < 4.78 is 4.79. The van der Waals surface area contributed by atoms with Crippen LogP contribution in [0.4, 0.5) is 5.69 Å². The molecule has 0 aromatic heterocycles. The van der Waals surface area contributed by atoms with E-state index in [1.807, 2.05) is 31.2 Å². The first kappa shape index (κ1) is 14.1. The van der Waals surface area contributed by atoms with Crippen molar-refractivity contribution in [3.63, 3.8) is 0 Å². The molecule has 0 aliphatic carbocycles. The topological polar surface area (TPSA) is 38.3 Å². The van der Waals surface area contributed by atoms with Gasteiger partial charge in [0.2, 0.25) is 0 Å². The van der Waals surface area contributed by atoms with E-state index in [4.69, 9.17) is 4.74 Å². The number of esters is 1. The molecular weight excluding hydrogens is 250 g/mol. The summed E-state index contributed by atoms with van der Waals surface area (Å²) in [6, 6.07) is 13.9. The molecule has 2 aromatic carbocycles. The van der Waals surface area contributed by atoms with Gasteiger partial charge in [-0.05, 0) is 42.7 Å². The van der Waals surface area contributed by atoms with Crippen LogP contribution in [0.2, 0.25) is 0 Å². The van der Waals surface area contributed by atoms with E-state index < -0.39 is 0 Å². The Morgan fingerprint density at radius 3 is 2.55 bits per heavy atom. The van der Waals surface area contributed by atoms with Crippen molar-refractivity contribution < 1.29 is 9.53 Å². The third kappa shape index (κ3) is 2.99. The molecule has 0 aliphatic rings. The number of ether oxygens (including phenoxy) is 1. The fourth-order valence-corrected chi connectivity index (χ4v) is 2.16. The van der Waals surface area contributed by atoms with Gasteiger partial charge < -0.3 is 10.1 Å². The first-order valence-corrected chi connectivity index (χ1v) is 6.59. The van der Waals surface area contributed by atoms with Gasteiger partial charge in [-0.15, -0.1) is 0 Å². The standard InChI is InChI=1S/C17H19NO2/c1-12-7-4-5-8-14(12)11-18-16-10-6-9-15(13(16)2)17(19)20-3/h4-10,18H,11H2,1-3H3. The van der Waals surface area contributed by atoms with Gasteiger partial charge in [0.15, 0.2) is 0 Å². The third-order valence-electron chi connectivity index (χ3n) is 3.47.